The molecule has 0 bridgehead atoms. The minimum absolute atomic E-state index is 0.255. The molecule has 1 saturated heterocycles. The quantitative estimate of drug-likeness (QED) is 0.290. The molecule has 0 aromatic carbocycles. The van der Waals surface area contributed by atoms with E-state index < -0.39 is 55.1 Å². The van der Waals surface area contributed by atoms with E-state index in [4.69, 9.17) is 52.1 Å². The summed E-state index contributed by atoms with van der Waals surface area (Å²) in [7, 11) is 14.2. The standard InChI is InChI=1S/C21H42O11/c1-22-10-13(25-4)16(27-6)18(14(26-5)11-23-2)32-21-20(30-9)19(29-8)17(28-7)15(31-21)12-24-3/h13-21H,10-12H2,1-9H3/t13-,14+,15+,16-,17+,18+,19-,20+,21-/m0/s1. The Morgan fingerprint density at radius 1 is 0.594 bits per heavy atom. The average Bonchev–Trinajstić information content (AvgIpc) is 2.81. The van der Waals surface area contributed by atoms with Crippen LogP contribution in [-0.2, 0) is 52.1 Å². The van der Waals surface area contributed by atoms with Crippen LogP contribution in [-0.4, -0.2) is 139 Å². The van der Waals surface area contributed by atoms with Crippen LogP contribution < -0.4 is 0 Å². The normalized spacial score (nSPS) is 30.1. The summed E-state index contributed by atoms with van der Waals surface area (Å²) in [6, 6.07) is 0. The molecule has 9 atom stereocenters. The van der Waals surface area contributed by atoms with Gasteiger partial charge in [-0.25, -0.2) is 0 Å². The van der Waals surface area contributed by atoms with E-state index in [0.717, 1.165) is 0 Å². The van der Waals surface area contributed by atoms with Crippen LogP contribution in [0, 0.1) is 0 Å². The molecular weight excluding hydrogens is 428 g/mol. The van der Waals surface area contributed by atoms with Crippen molar-refractivity contribution in [2.75, 3.05) is 83.8 Å². The molecule has 0 aliphatic carbocycles. The first kappa shape index (κ1) is 29.6. The second-order valence-corrected chi connectivity index (χ2v) is 7.36. The molecular formula is C21H42O11. The summed E-state index contributed by atoms with van der Waals surface area (Å²) >= 11 is 0. The zero-order chi connectivity index (χ0) is 24.1. The topological polar surface area (TPSA) is 102 Å². The SMILES string of the molecule is COC[C@H](OC)[C@H](OC)[C@H](O[C@@H]1O[C@H](COC)[C@@H](OC)[C@H](OC)[C@H]1OC)[C@@H](COC)OC. The molecule has 1 aliphatic heterocycles. The molecule has 1 rings (SSSR count). The lowest BCUT2D eigenvalue weighted by Gasteiger charge is -2.46. The zero-order valence-corrected chi connectivity index (χ0v) is 20.8. The Morgan fingerprint density at radius 3 is 1.53 bits per heavy atom. The minimum atomic E-state index is -0.839. The van der Waals surface area contributed by atoms with Crippen molar-refractivity contribution in [2.45, 2.75) is 55.1 Å². The Kier molecular flexibility index (Phi) is 15.0. The van der Waals surface area contributed by atoms with Crippen molar-refractivity contribution < 1.29 is 52.1 Å². The van der Waals surface area contributed by atoms with Crippen LogP contribution in [0.4, 0.5) is 0 Å². The molecule has 11 nitrogen and oxygen atoms in total. The van der Waals surface area contributed by atoms with Crippen LogP contribution in [0.5, 0.6) is 0 Å². The summed E-state index contributed by atoms with van der Waals surface area (Å²) < 4.78 is 62.9. The number of hydrogen-bond acceptors (Lipinski definition) is 11. The van der Waals surface area contributed by atoms with Gasteiger partial charge in [0.2, 0.25) is 0 Å². The second kappa shape index (κ2) is 16.2. The largest absolute Gasteiger partial charge is 0.382 e. The Morgan fingerprint density at radius 2 is 1.12 bits per heavy atom. The van der Waals surface area contributed by atoms with E-state index in [2.05, 4.69) is 0 Å². The van der Waals surface area contributed by atoms with Crippen LogP contribution in [0.2, 0.25) is 0 Å². The Labute approximate surface area is 191 Å². The second-order valence-electron chi connectivity index (χ2n) is 7.36. The summed E-state index contributed by atoms with van der Waals surface area (Å²) in [6.07, 6.45) is -4.93. The Hall–Kier alpha value is -0.440. The van der Waals surface area contributed by atoms with Crippen molar-refractivity contribution in [2.24, 2.45) is 0 Å². The van der Waals surface area contributed by atoms with E-state index in [0.29, 0.717) is 0 Å². The van der Waals surface area contributed by atoms with Crippen molar-refractivity contribution in [1.82, 2.24) is 0 Å². The maximum atomic E-state index is 6.48. The predicted octanol–water partition coefficient (Wildman–Crippen LogP) is 0.126. The molecule has 192 valence electrons. The molecule has 1 fully saturated rings. The first-order chi connectivity index (χ1) is 15.5. The third-order valence-electron chi connectivity index (χ3n) is 5.63. The molecule has 0 radical (unpaired) electrons. The van der Waals surface area contributed by atoms with Gasteiger partial charge in [-0.05, 0) is 0 Å². The van der Waals surface area contributed by atoms with Gasteiger partial charge in [-0.15, -0.1) is 0 Å². The van der Waals surface area contributed by atoms with Gasteiger partial charge in [0.1, 0.15) is 48.8 Å². The lowest BCUT2D eigenvalue weighted by molar-refractivity contribution is -0.338. The van der Waals surface area contributed by atoms with Crippen molar-refractivity contribution in [3.05, 3.63) is 0 Å². The van der Waals surface area contributed by atoms with Gasteiger partial charge < -0.3 is 52.1 Å². The molecule has 0 spiro atoms. The molecule has 1 aliphatic rings. The highest BCUT2D eigenvalue weighted by atomic mass is 16.7. The van der Waals surface area contributed by atoms with Gasteiger partial charge >= 0.3 is 0 Å². The fraction of sp³-hybridized carbons (Fsp3) is 1.00. The smallest absolute Gasteiger partial charge is 0.187 e. The van der Waals surface area contributed by atoms with Crippen molar-refractivity contribution >= 4 is 0 Å². The van der Waals surface area contributed by atoms with Crippen LogP contribution in [0.15, 0.2) is 0 Å². The third-order valence-corrected chi connectivity index (χ3v) is 5.63. The van der Waals surface area contributed by atoms with Gasteiger partial charge in [0, 0.05) is 64.0 Å². The minimum Gasteiger partial charge on any atom is -0.382 e. The first-order valence-electron chi connectivity index (χ1n) is 10.5. The predicted molar refractivity (Wildman–Crippen MR) is 114 cm³/mol. The zero-order valence-electron chi connectivity index (χ0n) is 20.8. The van der Waals surface area contributed by atoms with Crippen LogP contribution in [0.1, 0.15) is 0 Å². The molecule has 1 heterocycles. The molecule has 0 saturated carbocycles. The van der Waals surface area contributed by atoms with E-state index in [1.54, 1.807) is 64.0 Å². The van der Waals surface area contributed by atoms with Crippen molar-refractivity contribution in [3.63, 3.8) is 0 Å². The van der Waals surface area contributed by atoms with Gasteiger partial charge in [-0.3, -0.25) is 0 Å². The Balaban J connectivity index is 3.30. The highest BCUT2D eigenvalue weighted by Crippen LogP contribution is 2.31. The van der Waals surface area contributed by atoms with Gasteiger partial charge in [-0.2, -0.15) is 0 Å². The van der Waals surface area contributed by atoms with E-state index >= 15 is 0 Å². The Bertz CT molecular complexity index is 469. The van der Waals surface area contributed by atoms with E-state index in [1.165, 1.54) is 0 Å². The fourth-order valence-electron chi connectivity index (χ4n) is 4.04. The highest BCUT2D eigenvalue weighted by molar-refractivity contribution is 4.94. The van der Waals surface area contributed by atoms with Gasteiger partial charge in [0.05, 0.1) is 19.8 Å². The molecule has 0 N–H and O–H groups in total. The van der Waals surface area contributed by atoms with E-state index in [1.807, 2.05) is 0 Å². The lowest BCUT2D eigenvalue weighted by atomic mass is 9.97. The molecule has 0 aromatic rings. The van der Waals surface area contributed by atoms with Crippen molar-refractivity contribution in [1.29, 1.82) is 0 Å². The third kappa shape index (κ3) is 7.54. The highest BCUT2D eigenvalue weighted by Gasteiger charge is 2.50. The summed E-state index contributed by atoms with van der Waals surface area (Å²) in [6.45, 7) is 0.824. The number of hydrogen-bond donors (Lipinski definition) is 0. The monoisotopic (exact) mass is 470 g/mol. The summed E-state index contributed by atoms with van der Waals surface area (Å²) in [4.78, 5) is 0. The molecule has 11 heteroatoms. The summed E-state index contributed by atoms with van der Waals surface area (Å²) in [5, 5.41) is 0. The fourth-order valence-corrected chi connectivity index (χ4v) is 4.04. The van der Waals surface area contributed by atoms with E-state index in [9.17, 15) is 0 Å². The van der Waals surface area contributed by atoms with Crippen LogP contribution in [0.3, 0.4) is 0 Å². The average molecular weight is 471 g/mol. The molecule has 32 heavy (non-hydrogen) atoms. The molecule has 0 unspecified atom stereocenters. The van der Waals surface area contributed by atoms with Crippen LogP contribution in [0.25, 0.3) is 0 Å². The van der Waals surface area contributed by atoms with Gasteiger partial charge in [0.25, 0.3) is 0 Å². The van der Waals surface area contributed by atoms with E-state index in [-0.39, 0.29) is 19.8 Å². The number of rotatable bonds is 17. The van der Waals surface area contributed by atoms with Crippen LogP contribution >= 0.6 is 0 Å². The van der Waals surface area contributed by atoms with Gasteiger partial charge in [0.15, 0.2) is 6.29 Å². The number of methoxy groups -OCH3 is 9. The van der Waals surface area contributed by atoms with Gasteiger partial charge in [-0.1, -0.05) is 0 Å². The number of ether oxygens (including phenoxy) is 11. The molecule has 0 aromatic heterocycles. The maximum Gasteiger partial charge on any atom is 0.187 e. The maximum absolute atomic E-state index is 6.48. The lowest BCUT2D eigenvalue weighted by Crippen LogP contribution is -2.63. The summed E-state index contributed by atoms with van der Waals surface area (Å²) in [5.74, 6) is 0. The first-order valence-corrected chi connectivity index (χ1v) is 10.5. The van der Waals surface area contributed by atoms with Crippen molar-refractivity contribution in [3.8, 4) is 0 Å². The molecule has 0 amide bonds. The summed E-state index contributed by atoms with van der Waals surface area (Å²) in [5.41, 5.74) is 0.